The van der Waals surface area contributed by atoms with Gasteiger partial charge >= 0.3 is 0 Å². The van der Waals surface area contributed by atoms with E-state index in [1.807, 2.05) is 6.92 Å². The van der Waals surface area contributed by atoms with E-state index >= 15 is 0 Å². The first kappa shape index (κ1) is 11.0. The molecule has 3 heteroatoms. The van der Waals surface area contributed by atoms with E-state index in [1.54, 1.807) is 6.92 Å². The minimum Gasteiger partial charge on any atom is -0.388 e. The van der Waals surface area contributed by atoms with Crippen LogP contribution in [-0.2, 0) is 0 Å². The van der Waals surface area contributed by atoms with Gasteiger partial charge in [-0.05, 0) is 25.2 Å². The van der Waals surface area contributed by atoms with Gasteiger partial charge in [0.2, 0.25) is 0 Å². The lowest BCUT2D eigenvalue weighted by molar-refractivity contribution is -0.153. The third kappa shape index (κ3) is 1.87. The third-order valence-corrected chi connectivity index (χ3v) is 3.46. The normalized spacial score (nSPS) is 52.2. The molecule has 78 valence electrons. The highest BCUT2D eigenvalue weighted by atomic mass is 16.4. The fraction of sp³-hybridized carbons (Fsp3) is 1.00. The van der Waals surface area contributed by atoms with E-state index in [4.69, 9.17) is 0 Å². The highest BCUT2D eigenvalue weighted by Crippen LogP contribution is 2.31. The maximum atomic E-state index is 9.87. The molecular weight excluding hydrogens is 166 g/mol. The van der Waals surface area contributed by atoms with Gasteiger partial charge in [-0.2, -0.15) is 0 Å². The van der Waals surface area contributed by atoms with Crippen LogP contribution in [0.15, 0.2) is 0 Å². The summed E-state index contributed by atoms with van der Waals surface area (Å²) in [5, 5.41) is 22.7. The molecule has 1 aliphatic rings. The first-order valence-electron chi connectivity index (χ1n) is 5.08. The van der Waals surface area contributed by atoms with Crippen LogP contribution in [0.2, 0.25) is 0 Å². The van der Waals surface area contributed by atoms with Gasteiger partial charge < -0.3 is 10.2 Å². The molecular formula is C10H21NO2. The number of nitrogens with one attached hydrogen (secondary N) is 1. The summed E-state index contributed by atoms with van der Waals surface area (Å²) in [5.74, 6) is 0.543. The number of aliphatic hydroxyl groups excluding tert-OH is 1. The average Bonchev–Trinajstić information content (AvgIpc) is 2.08. The summed E-state index contributed by atoms with van der Waals surface area (Å²) in [6.45, 7) is 7.84. The second-order valence-electron chi connectivity index (χ2n) is 4.47. The van der Waals surface area contributed by atoms with E-state index in [-0.39, 0.29) is 5.92 Å². The molecule has 5 unspecified atom stereocenters. The van der Waals surface area contributed by atoms with E-state index < -0.39 is 11.8 Å². The molecule has 0 aromatic carbocycles. The van der Waals surface area contributed by atoms with Gasteiger partial charge in [0.05, 0.1) is 6.10 Å². The molecule has 0 saturated carbocycles. The van der Waals surface area contributed by atoms with Crippen LogP contribution in [0.5, 0.6) is 0 Å². The zero-order chi connectivity index (χ0) is 10.2. The van der Waals surface area contributed by atoms with Crippen LogP contribution < -0.4 is 5.32 Å². The number of piperidine rings is 1. The van der Waals surface area contributed by atoms with E-state index in [0.717, 1.165) is 6.42 Å². The van der Waals surface area contributed by atoms with Crippen molar-refractivity contribution in [1.29, 1.82) is 0 Å². The van der Waals surface area contributed by atoms with Crippen molar-refractivity contribution in [3.63, 3.8) is 0 Å². The average molecular weight is 187 g/mol. The van der Waals surface area contributed by atoms with Crippen LogP contribution >= 0.6 is 0 Å². The molecule has 1 fully saturated rings. The first-order chi connectivity index (χ1) is 5.90. The second-order valence-corrected chi connectivity index (χ2v) is 4.47. The smallest absolute Gasteiger partial charge is 0.139 e. The highest BCUT2D eigenvalue weighted by molar-refractivity contribution is 4.96. The fourth-order valence-corrected chi connectivity index (χ4v) is 2.23. The number of hydrogen-bond donors (Lipinski definition) is 3. The van der Waals surface area contributed by atoms with E-state index in [9.17, 15) is 10.2 Å². The molecule has 1 heterocycles. The molecule has 3 N–H and O–H groups in total. The van der Waals surface area contributed by atoms with E-state index in [1.165, 1.54) is 0 Å². The summed E-state index contributed by atoms with van der Waals surface area (Å²) >= 11 is 0. The summed E-state index contributed by atoms with van der Waals surface area (Å²) in [5.41, 5.74) is -1.13. The summed E-state index contributed by atoms with van der Waals surface area (Å²) in [6, 6.07) is 0.299. The molecule has 1 aliphatic heterocycles. The predicted octanol–water partition coefficient (Wildman–Crippen LogP) is 0.710. The molecule has 0 aliphatic carbocycles. The van der Waals surface area contributed by atoms with Gasteiger partial charge in [-0.15, -0.1) is 0 Å². The molecule has 0 bridgehead atoms. The molecule has 1 saturated heterocycles. The van der Waals surface area contributed by atoms with Crippen molar-refractivity contribution < 1.29 is 10.2 Å². The van der Waals surface area contributed by atoms with Crippen LogP contribution in [0.4, 0.5) is 0 Å². The Bertz CT molecular complexity index is 180. The number of aliphatic hydroxyl groups is 2. The summed E-state index contributed by atoms with van der Waals surface area (Å²) < 4.78 is 0. The predicted molar refractivity (Wildman–Crippen MR) is 52.2 cm³/mol. The Morgan fingerprint density at radius 1 is 1.31 bits per heavy atom. The molecule has 3 nitrogen and oxygen atoms in total. The summed E-state index contributed by atoms with van der Waals surface area (Å²) in [6.07, 6.45) is 0.305. The van der Waals surface area contributed by atoms with E-state index in [2.05, 4.69) is 19.2 Å². The molecule has 13 heavy (non-hydrogen) atoms. The van der Waals surface area contributed by atoms with Gasteiger partial charge in [0.1, 0.15) is 5.72 Å². The Labute approximate surface area is 80.2 Å². The largest absolute Gasteiger partial charge is 0.388 e. The van der Waals surface area contributed by atoms with Crippen LogP contribution in [0.1, 0.15) is 34.1 Å². The lowest BCUT2D eigenvalue weighted by Gasteiger charge is -2.47. The lowest BCUT2D eigenvalue weighted by atomic mass is 9.76. The standard InChI is InChI=1S/C10H21NO2/c1-5-8-6(2)7(3)9(12)10(4,13)11-8/h6-9,11-13H,5H2,1-4H3. The van der Waals surface area contributed by atoms with Gasteiger partial charge in [-0.1, -0.05) is 20.8 Å². The zero-order valence-corrected chi connectivity index (χ0v) is 8.91. The van der Waals surface area contributed by atoms with Gasteiger partial charge in [0, 0.05) is 6.04 Å². The molecule has 0 spiro atoms. The van der Waals surface area contributed by atoms with Crippen molar-refractivity contribution in [2.24, 2.45) is 11.8 Å². The quantitative estimate of drug-likeness (QED) is 0.566. The monoisotopic (exact) mass is 187 g/mol. The SMILES string of the molecule is CCC1NC(C)(O)C(O)C(C)C1C. The van der Waals surface area contributed by atoms with Crippen molar-refractivity contribution in [3.8, 4) is 0 Å². The van der Waals surface area contributed by atoms with Crippen molar-refractivity contribution in [3.05, 3.63) is 0 Å². The van der Waals surface area contributed by atoms with Crippen LogP contribution in [-0.4, -0.2) is 28.1 Å². The Morgan fingerprint density at radius 2 is 1.85 bits per heavy atom. The maximum absolute atomic E-state index is 9.87. The zero-order valence-electron chi connectivity index (χ0n) is 8.91. The maximum Gasteiger partial charge on any atom is 0.139 e. The molecule has 0 aromatic heterocycles. The first-order valence-corrected chi connectivity index (χ1v) is 5.08. The van der Waals surface area contributed by atoms with Gasteiger partial charge in [0.15, 0.2) is 0 Å². The van der Waals surface area contributed by atoms with Crippen molar-refractivity contribution in [2.45, 2.75) is 52.0 Å². The van der Waals surface area contributed by atoms with Gasteiger partial charge in [-0.25, -0.2) is 0 Å². The summed E-state index contributed by atoms with van der Waals surface area (Å²) in [4.78, 5) is 0. The van der Waals surface area contributed by atoms with Gasteiger partial charge in [-0.3, -0.25) is 5.32 Å². The molecule has 0 aromatic rings. The van der Waals surface area contributed by atoms with Crippen LogP contribution in [0, 0.1) is 11.8 Å². The Balaban J connectivity index is 2.79. The van der Waals surface area contributed by atoms with Gasteiger partial charge in [0.25, 0.3) is 0 Å². The minimum atomic E-state index is -1.13. The van der Waals surface area contributed by atoms with Crippen molar-refractivity contribution >= 4 is 0 Å². The van der Waals surface area contributed by atoms with Crippen LogP contribution in [0.25, 0.3) is 0 Å². The fourth-order valence-electron chi connectivity index (χ4n) is 2.23. The lowest BCUT2D eigenvalue weighted by Crippen LogP contribution is -2.65. The van der Waals surface area contributed by atoms with E-state index in [0.29, 0.717) is 12.0 Å². The molecule has 5 atom stereocenters. The molecule has 1 rings (SSSR count). The number of hydrogen-bond acceptors (Lipinski definition) is 3. The Morgan fingerprint density at radius 3 is 2.31 bits per heavy atom. The highest BCUT2D eigenvalue weighted by Gasteiger charge is 2.44. The number of rotatable bonds is 1. The molecule has 0 radical (unpaired) electrons. The second kappa shape index (κ2) is 3.56. The van der Waals surface area contributed by atoms with Crippen LogP contribution in [0.3, 0.4) is 0 Å². The Hall–Kier alpha value is -0.120. The Kier molecular flexibility index (Phi) is 3.00. The topological polar surface area (TPSA) is 52.5 Å². The summed E-state index contributed by atoms with van der Waals surface area (Å²) in [7, 11) is 0. The van der Waals surface area contributed by atoms with Crippen molar-refractivity contribution in [2.75, 3.05) is 0 Å². The minimum absolute atomic E-state index is 0.140. The molecule has 0 amide bonds. The van der Waals surface area contributed by atoms with Crippen molar-refractivity contribution in [1.82, 2.24) is 5.32 Å². The third-order valence-electron chi connectivity index (χ3n) is 3.46.